The summed E-state index contributed by atoms with van der Waals surface area (Å²) in [5.74, 6) is -1.66. The molecule has 170 valence electrons. The van der Waals surface area contributed by atoms with Crippen LogP contribution in [-0.2, 0) is 22.6 Å². The maximum absolute atomic E-state index is 13.0. The minimum atomic E-state index is -0.678. The molecule has 2 N–H and O–H groups in total. The average molecular weight is 439 g/mol. The van der Waals surface area contributed by atoms with Crippen LogP contribution < -0.4 is 15.5 Å². The molecular weight excluding hydrogens is 407 g/mol. The first-order valence-electron chi connectivity index (χ1n) is 11.4. The van der Waals surface area contributed by atoms with Crippen LogP contribution in [0.2, 0.25) is 0 Å². The molecule has 1 atom stereocenters. The minimum absolute atomic E-state index is 0.0420. The first-order chi connectivity index (χ1) is 15.5. The van der Waals surface area contributed by atoms with Crippen LogP contribution in [0.4, 0.5) is 10.1 Å². The van der Waals surface area contributed by atoms with Crippen molar-refractivity contribution < 1.29 is 14.0 Å². The summed E-state index contributed by atoms with van der Waals surface area (Å²) in [4.78, 5) is 29.4. The van der Waals surface area contributed by atoms with Crippen molar-refractivity contribution in [2.24, 2.45) is 0 Å². The summed E-state index contributed by atoms with van der Waals surface area (Å²) in [5.41, 5.74) is 4.54. The predicted octanol–water partition coefficient (Wildman–Crippen LogP) is 2.78. The Morgan fingerprint density at radius 2 is 1.69 bits per heavy atom. The van der Waals surface area contributed by atoms with Crippen LogP contribution in [0, 0.1) is 5.82 Å². The standard InChI is InChI=1S/C25H31FN4O2/c1-29-14-11-20-15-19(7-10-22(20)29)23(30-12-3-2-4-13-30)17-28-25(32)24(31)27-16-18-5-8-21(26)9-6-18/h5-10,15,23H,2-4,11-14,16-17H2,1H3,(H,27,31)(H,28,32)/t23-/m0/s1. The number of carbonyl (C=O) groups is 2. The van der Waals surface area contributed by atoms with Crippen LogP contribution in [0.1, 0.15) is 42.0 Å². The molecule has 6 nitrogen and oxygen atoms in total. The van der Waals surface area contributed by atoms with Gasteiger partial charge >= 0.3 is 11.8 Å². The van der Waals surface area contributed by atoms with Gasteiger partial charge in [0.25, 0.3) is 0 Å². The van der Waals surface area contributed by atoms with Crippen molar-refractivity contribution in [1.29, 1.82) is 0 Å². The van der Waals surface area contributed by atoms with Gasteiger partial charge in [-0.2, -0.15) is 0 Å². The Kier molecular flexibility index (Phi) is 7.05. The number of hydrogen-bond acceptors (Lipinski definition) is 4. The Hall–Kier alpha value is -2.93. The number of anilines is 1. The summed E-state index contributed by atoms with van der Waals surface area (Å²) in [5, 5.41) is 5.44. The summed E-state index contributed by atoms with van der Waals surface area (Å²) in [6.07, 6.45) is 4.56. The lowest BCUT2D eigenvalue weighted by Gasteiger charge is -2.35. The van der Waals surface area contributed by atoms with Crippen molar-refractivity contribution in [3.63, 3.8) is 0 Å². The number of amides is 2. The van der Waals surface area contributed by atoms with Crippen LogP contribution in [0.25, 0.3) is 0 Å². The molecule has 2 aromatic rings. The summed E-state index contributed by atoms with van der Waals surface area (Å²) in [6, 6.07) is 12.5. The molecule has 0 spiro atoms. The van der Waals surface area contributed by atoms with E-state index in [0.717, 1.165) is 44.5 Å². The van der Waals surface area contributed by atoms with E-state index in [1.165, 1.54) is 35.4 Å². The van der Waals surface area contributed by atoms with Crippen LogP contribution >= 0.6 is 0 Å². The number of likely N-dealkylation sites (N-methyl/N-ethyl adjacent to an activating group) is 1. The van der Waals surface area contributed by atoms with E-state index in [0.29, 0.717) is 6.54 Å². The molecule has 0 aliphatic carbocycles. The highest BCUT2D eigenvalue weighted by Gasteiger charge is 2.26. The lowest BCUT2D eigenvalue weighted by Crippen LogP contribution is -2.45. The number of nitrogens with one attached hydrogen (secondary N) is 2. The molecule has 0 aromatic heterocycles. The molecule has 0 radical (unpaired) electrons. The number of benzene rings is 2. The Morgan fingerprint density at radius 1 is 0.969 bits per heavy atom. The second-order valence-corrected chi connectivity index (χ2v) is 8.69. The zero-order valence-electron chi connectivity index (χ0n) is 18.6. The number of likely N-dealkylation sites (tertiary alicyclic amines) is 1. The third-order valence-corrected chi connectivity index (χ3v) is 6.48. The lowest BCUT2D eigenvalue weighted by molar-refractivity contribution is -0.139. The minimum Gasteiger partial charge on any atom is -0.374 e. The summed E-state index contributed by atoms with van der Waals surface area (Å²) in [7, 11) is 2.11. The average Bonchev–Trinajstić information content (AvgIpc) is 3.19. The second kappa shape index (κ2) is 10.1. The van der Waals surface area contributed by atoms with Gasteiger partial charge in [0, 0.05) is 32.4 Å². The van der Waals surface area contributed by atoms with E-state index in [4.69, 9.17) is 0 Å². The maximum atomic E-state index is 13.0. The molecule has 2 aliphatic heterocycles. The third kappa shape index (κ3) is 5.27. The molecule has 7 heteroatoms. The molecule has 0 bridgehead atoms. The Labute approximate surface area is 188 Å². The van der Waals surface area contributed by atoms with Gasteiger partial charge in [0.1, 0.15) is 5.82 Å². The molecule has 1 saturated heterocycles. The van der Waals surface area contributed by atoms with E-state index in [2.05, 4.69) is 45.7 Å². The van der Waals surface area contributed by atoms with Crippen molar-refractivity contribution in [2.75, 3.05) is 38.1 Å². The van der Waals surface area contributed by atoms with Crippen molar-refractivity contribution in [1.82, 2.24) is 15.5 Å². The first-order valence-corrected chi connectivity index (χ1v) is 11.4. The molecular formula is C25H31FN4O2. The van der Waals surface area contributed by atoms with E-state index < -0.39 is 11.8 Å². The van der Waals surface area contributed by atoms with E-state index in [9.17, 15) is 14.0 Å². The molecule has 2 heterocycles. The molecule has 1 fully saturated rings. The van der Waals surface area contributed by atoms with Gasteiger partial charge in [-0.15, -0.1) is 0 Å². The number of halogens is 1. The van der Waals surface area contributed by atoms with Gasteiger partial charge in [-0.05, 0) is 67.2 Å². The van der Waals surface area contributed by atoms with Gasteiger partial charge in [0.05, 0.1) is 6.04 Å². The molecule has 2 amide bonds. The number of nitrogens with zero attached hydrogens (tertiary/aromatic N) is 2. The van der Waals surface area contributed by atoms with Gasteiger partial charge in [-0.25, -0.2) is 4.39 Å². The molecule has 2 aromatic carbocycles. The van der Waals surface area contributed by atoms with Crippen molar-refractivity contribution in [3.05, 3.63) is 65.0 Å². The van der Waals surface area contributed by atoms with Gasteiger partial charge in [0.2, 0.25) is 0 Å². The monoisotopic (exact) mass is 438 g/mol. The highest BCUT2D eigenvalue weighted by atomic mass is 19.1. The predicted molar refractivity (Wildman–Crippen MR) is 123 cm³/mol. The fraction of sp³-hybridized carbons (Fsp3) is 0.440. The van der Waals surface area contributed by atoms with Gasteiger partial charge in [0.15, 0.2) is 0 Å². The zero-order chi connectivity index (χ0) is 22.5. The number of hydrogen-bond donors (Lipinski definition) is 2. The zero-order valence-corrected chi connectivity index (χ0v) is 18.6. The van der Waals surface area contributed by atoms with Crippen molar-refractivity contribution in [2.45, 2.75) is 38.3 Å². The normalized spacial score (nSPS) is 17.0. The molecule has 2 aliphatic rings. The highest BCUT2D eigenvalue weighted by molar-refractivity contribution is 6.35. The topological polar surface area (TPSA) is 64.7 Å². The lowest BCUT2D eigenvalue weighted by atomic mass is 9.98. The van der Waals surface area contributed by atoms with E-state index in [1.54, 1.807) is 12.1 Å². The highest BCUT2D eigenvalue weighted by Crippen LogP contribution is 2.32. The summed E-state index contributed by atoms with van der Waals surface area (Å²) >= 11 is 0. The van der Waals surface area contributed by atoms with E-state index in [1.807, 2.05) is 0 Å². The van der Waals surface area contributed by atoms with Gasteiger partial charge in [-0.3, -0.25) is 14.5 Å². The van der Waals surface area contributed by atoms with Crippen molar-refractivity contribution >= 4 is 17.5 Å². The molecule has 32 heavy (non-hydrogen) atoms. The fourth-order valence-corrected chi connectivity index (χ4v) is 4.62. The van der Waals surface area contributed by atoms with Crippen LogP contribution in [0.15, 0.2) is 42.5 Å². The first kappa shape index (κ1) is 22.3. The Balaban J connectivity index is 1.39. The summed E-state index contributed by atoms with van der Waals surface area (Å²) in [6.45, 7) is 3.58. The van der Waals surface area contributed by atoms with Crippen molar-refractivity contribution in [3.8, 4) is 0 Å². The Bertz CT molecular complexity index is 957. The van der Waals surface area contributed by atoms with E-state index in [-0.39, 0.29) is 18.4 Å². The molecule has 0 unspecified atom stereocenters. The van der Waals surface area contributed by atoms with E-state index >= 15 is 0 Å². The SMILES string of the molecule is CN1CCc2cc([C@H](CNC(=O)C(=O)NCc3ccc(F)cc3)N3CCCCC3)ccc21. The van der Waals surface area contributed by atoms with Crippen LogP contribution in [0.3, 0.4) is 0 Å². The maximum Gasteiger partial charge on any atom is 0.309 e. The smallest absolute Gasteiger partial charge is 0.309 e. The fourth-order valence-electron chi connectivity index (χ4n) is 4.62. The summed E-state index contributed by atoms with van der Waals surface area (Å²) < 4.78 is 13.0. The van der Waals surface area contributed by atoms with Gasteiger partial charge < -0.3 is 15.5 Å². The number of rotatable bonds is 6. The second-order valence-electron chi connectivity index (χ2n) is 8.69. The third-order valence-electron chi connectivity index (χ3n) is 6.48. The number of fused-ring (bicyclic) bond motifs is 1. The molecule has 0 saturated carbocycles. The largest absolute Gasteiger partial charge is 0.374 e. The molecule has 4 rings (SSSR count). The van der Waals surface area contributed by atoms with Crippen LogP contribution in [-0.4, -0.2) is 49.9 Å². The number of piperidine rings is 1. The quantitative estimate of drug-likeness (QED) is 0.681. The Morgan fingerprint density at radius 3 is 2.44 bits per heavy atom. The number of carbonyl (C=O) groups excluding carboxylic acids is 2. The van der Waals surface area contributed by atoms with Crippen LogP contribution in [0.5, 0.6) is 0 Å². The van der Waals surface area contributed by atoms with Gasteiger partial charge in [-0.1, -0.05) is 30.7 Å².